The first-order valence-electron chi connectivity index (χ1n) is 8.48. The molecular weight excluding hydrogens is 396 g/mol. The van der Waals surface area contributed by atoms with E-state index in [0.717, 1.165) is 4.90 Å². The number of carbonyl (C=O) groups excluding carboxylic acids is 3. The monoisotopic (exact) mass is 412 g/mol. The van der Waals surface area contributed by atoms with Crippen LogP contribution in [0.1, 0.15) is 5.56 Å². The van der Waals surface area contributed by atoms with Crippen LogP contribution in [0.5, 0.6) is 5.75 Å². The number of imide groups is 1. The van der Waals surface area contributed by atoms with Crippen LogP contribution in [0.2, 0.25) is 0 Å². The Labute approximate surface area is 170 Å². The largest absolute Gasteiger partial charge is 0.481 e. The Morgan fingerprint density at radius 3 is 2.48 bits per heavy atom. The Kier molecular flexibility index (Phi) is 6.30. The smallest absolute Gasteiger partial charge is 0.341 e. The number of carboxylic acids is 1. The zero-order valence-electron chi connectivity index (χ0n) is 15.0. The Morgan fingerprint density at radius 2 is 1.76 bits per heavy atom. The highest BCUT2D eigenvalue weighted by Crippen LogP contribution is 2.33. The number of amides is 3. The van der Waals surface area contributed by atoms with Crippen LogP contribution in [-0.4, -0.2) is 46.2 Å². The van der Waals surface area contributed by atoms with Gasteiger partial charge in [0.1, 0.15) is 12.3 Å². The summed E-state index contributed by atoms with van der Waals surface area (Å²) >= 11 is 0.705. The number of hydrogen-bond donors (Lipinski definition) is 2. The summed E-state index contributed by atoms with van der Waals surface area (Å²) in [5.74, 6) is -1.96. The van der Waals surface area contributed by atoms with Gasteiger partial charge in [-0.1, -0.05) is 36.4 Å². The van der Waals surface area contributed by atoms with E-state index < -0.39 is 36.2 Å². The minimum atomic E-state index is -1.13. The number of benzene rings is 2. The number of hydrogen-bond acceptors (Lipinski definition) is 6. The second-order valence-electron chi connectivity index (χ2n) is 5.90. The minimum absolute atomic E-state index is 0.119. The average Bonchev–Trinajstić information content (AvgIpc) is 2.95. The molecule has 1 heterocycles. The highest BCUT2D eigenvalue weighted by molar-refractivity contribution is 8.18. The molecule has 8 nitrogen and oxygen atoms in total. The third-order valence-electron chi connectivity index (χ3n) is 3.79. The van der Waals surface area contributed by atoms with Crippen LogP contribution in [0, 0.1) is 0 Å². The maximum Gasteiger partial charge on any atom is 0.341 e. The molecule has 3 amide bonds. The number of nitrogens with zero attached hydrogens (tertiary/aromatic N) is 1. The van der Waals surface area contributed by atoms with Gasteiger partial charge in [0.15, 0.2) is 6.61 Å². The zero-order chi connectivity index (χ0) is 20.8. The summed E-state index contributed by atoms with van der Waals surface area (Å²) in [4.78, 5) is 48.7. The van der Waals surface area contributed by atoms with E-state index in [1.54, 1.807) is 54.6 Å². The highest BCUT2D eigenvalue weighted by Gasteiger charge is 2.36. The van der Waals surface area contributed by atoms with Crippen molar-refractivity contribution in [2.45, 2.75) is 0 Å². The van der Waals surface area contributed by atoms with Crippen molar-refractivity contribution in [3.8, 4) is 5.75 Å². The van der Waals surface area contributed by atoms with Gasteiger partial charge >= 0.3 is 5.97 Å². The molecule has 0 radical (unpaired) electrons. The molecule has 2 aromatic rings. The third-order valence-corrected chi connectivity index (χ3v) is 4.70. The fourth-order valence-electron chi connectivity index (χ4n) is 2.51. The molecule has 0 atom stereocenters. The van der Waals surface area contributed by atoms with Crippen molar-refractivity contribution in [3.05, 3.63) is 65.1 Å². The van der Waals surface area contributed by atoms with Gasteiger partial charge in [-0.05, 0) is 36.0 Å². The van der Waals surface area contributed by atoms with Crippen molar-refractivity contribution in [1.82, 2.24) is 4.90 Å². The molecule has 2 aromatic carbocycles. The summed E-state index contributed by atoms with van der Waals surface area (Å²) < 4.78 is 5.20. The second kappa shape index (κ2) is 9.07. The van der Waals surface area contributed by atoms with E-state index in [9.17, 15) is 19.2 Å². The molecule has 29 heavy (non-hydrogen) atoms. The maximum absolute atomic E-state index is 12.6. The summed E-state index contributed by atoms with van der Waals surface area (Å²) in [6.45, 7) is -0.944. The quantitative estimate of drug-likeness (QED) is 0.672. The predicted molar refractivity (Wildman–Crippen MR) is 107 cm³/mol. The maximum atomic E-state index is 12.6. The van der Waals surface area contributed by atoms with Crippen molar-refractivity contribution >= 4 is 46.5 Å². The zero-order valence-corrected chi connectivity index (χ0v) is 15.8. The van der Waals surface area contributed by atoms with Crippen LogP contribution in [0.25, 0.3) is 6.08 Å². The predicted octanol–water partition coefficient (Wildman–Crippen LogP) is 2.83. The van der Waals surface area contributed by atoms with E-state index in [1.165, 1.54) is 6.08 Å². The van der Waals surface area contributed by atoms with Gasteiger partial charge in [0, 0.05) is 11.3 Å². The Balaban J connectivity index is 1.72. The lowest BCUT2D eigenvalue weighted by Crippen LogP contribution is -2.36. The lowest BCUT2D eigenvalue weighted by atomic mass is 10.2. The molecule has 0 aromatic heterocycles. The number of para-hydroxylation sites is 2. The number of carboxylic acid groups (broad SMARTS) is 1. The van der Waals surface area contributed by atoms with Crippen LogP contribution in [0.3, 0.4) is 0 Å². The van der Waals surface area contributed by atoms with Crippen molar-refractivity contribution in [1.29, 1.82) is 0 Å². The van der Waals surface area contributed by atoms with Crippen LogP contribution < -0.4 is 10.1 Å². The Morgan fingerprint density at radius 1 is 1.07 bits per heavy atom. The Bertz CT molecular complexity index is 989. The van der Waals surface area contributed by atoms with E-state index in [0.29, 0.717) is 23.0 Å². The number of carbonyl (C=O) groups is 4. The first-order chi connectivity index (χ1) is 13.9. The highest BCUT2D eigenvalue weighted by atomic mass is 32.2. The third kappa shape index (κ3) is 5.23. The molecule has 2 N–H and O–H groups in total. The molecule has 1 aliphatic rings. The van der Waals surface area contributed by atoms with Crippen molar-refractivity contribution in [2.75, 3.05) is 18.5 Å². The fourth-order valence-corrected chi connectivity index (χ4v) is 3.34. The summed E-state index contributed by atoms with van der Waals surface area (Å²) in [6, 6.07) is 15.2. The summed E-state index contributed by atoms with van der Waals surface area (Å²) in [5, 5.41) is 10.8. The van der Waals surface area contributed by atoms with Gasteiger partial charge in [0.2, 0.25) is 5.91 Å². The lowest BCUT2D eigenvalue weighted by Gasteiger charge is -2.12. The molecule has 0 unspecified atom stereocenters. The molecule has 3 rings (SSSR count). The van der Waals surface area contributed by atoms with Crippen molar-refractivity contribution < 1.29 is 29.0 Å². The van der Waals surface area contributed by atoms with Crippen LogP contribution in [-0.2, 0) is 14.4 Å². The van der Waals surface area contributed by atoms with Gasteiger partial charge in [0.05, 0.1) is 4.91 Å². The molecule has 0 bridgehead atoms. The van der Waals surface area contributed by atoms with E-state index >= 15 is 0 Å². The number of aliphatic carboxylic acids is 1. The van der Waals surface area contributed by atoms with E-state index in [2.05, 4.69) is 5.32 Å². The van der Waals surface area contributed by atoms with Crippen LogP contribution in [0.15, 0.2) is 59.5 Å². The molecule has 1 aliphatic heterocycles. The summed E-state index contributed by atoms with van der Waals surface area (Å²) in [5.41, 5.74) is 1.01. The lowest BCUT2D eigenvalue weighted by molar-refractivity contribution is -0.139. The normalized spacial score (nSPS) is 14.9. The van der Waals surface area contributed by atoms with Crippen molar-refractivity contribution in [3.63, 3.8) is 0 Å². The first-order valence-corrected chi connectivity index (χ1v) is 9.29. The molecule has 9 heteroatoms. The van der Waals surface area contributed by atoms with Gasteiger partial charge < -0.3 is 15.2 Å². The van der Waals surface area contributed by atoms with Crippen LogP contribution in [0.4, 0.5) is 10.5 Å². The van der Waals surface area contributed by atoms with Crippen molar-refractivity contribution in [2.24, 2.45) is 0 Å². The first kappa shape index (κ1) is 20.2. The average molecular weight is 412 g/mol. The van der Waals surface area contributed by atoms with Gasteiger partial charge in [0.25, 0.3) is 11.1 Å². The number of thioether (sulfide) groups is 1. The van der Waals surface area contributed by atoms with E-state index in [1.807, 2.05) is 0 Å². The SMILES string of the molecule is O=C(O)COc1ccccc1/C=C1\SC(=O)N(CC(=O)Nc2ccccc2)C1=O. The molecule has 1 fully saturated rings. The number of rotatable bonds is 7. The summed E-state index contributed by atoms with van der Waals surface area (Å²) in [6.07, 6.45) is 1.44. The van der Waals surface area contributed by atoms with Crippen LogP contribution >= 0.6 is 11.8 Å². The molecule has 0 saturated carbocycles. The number of anilines is 1. The van der Waals surface area contributed by atoms with Gasteiger partial charge in [-0.3, -0.25) is 19.3 Å². The molecule has 0 aliphatic carbocycles. The van der Waals surface area contributed by atoms with Gasteiger partial charge in [-0.25, -0.2) is 4.79 Å². The van der Waals surface area contributed by atoms with E-state index in [4.69, 9.17) is 9.84 Å². The molecule has 0 spiro atoms. The standard InChI is InChI=1S/C20H16N2O6S/c23-17(21-14-7-2-1-3-8-14)11-22-19(26)16(29-20(22)27)10-13-6-4-5-9-15(13)28-12-18(24)25/h1-10H,11-12H2,(H,21,23)(H,24,25)/b16-10-. The van der Waals surface area contributed by atoms with Gasteiger partial charge in [-0.15, -0.1) is 0 Å². The fraction of sp³-hybridized carbons (Fsp3) is 0.100. The number of ether oxygens (including phenoxy) is 1. The number of nitrogens with one attached hydrogen (secondary N) is 1. The molecule has 1 saturated heterocycles. The van der Waals surface area contributed by atoms with E-state index in [-0.39, 0.29) is 10.7 Å². The Hall–Kier alpha value is -3.59. The topological polar surface area (TPSA) is 113 Å². The molecular formula is C20H16N2O6S. The molecule has 148 valence electrons. The minimum Gasteiger partial charge on any atom is -0.481 e. The van der Waals surface area contributed by atoms with Gasteiger partial charge in [-0.2, -0.15) is 0 Å². The second-order valence-corrected chi connectivity index (χ2v) is 6.90. The summed E-state index contributed by atoms with van der Waals surface area (Å²) in [7, 11) is 0.